The Morgan fingerprint density at radius 3 is 0.212 bits per heavy atom. The summed E-state index contributed by atoms with van der Waals surface area (Å²) in [5.41, 5.74) is 44.8. The Labute approximate surface area is 631 Å². The molecule has 0 radical (unpaired) electrons. The quantitative estimate of drug-likeness (QED) is 0.0662. The SMILES string of the molecule is CC(C)N(C(C)C)P1(=O)C#CC#CP(=O)(N(C(C)C)C(C)C)C#CC#CP(=O)(N(C(C)C)C(C)C)C#CC#CP(=O)(N(C(C)C)C(C)C)C#CC#CP(=O)(N(C(C)C)C(C)C)C#CC#CP(=O)(N(C(C)C)C(C)C)C#CC#CP(=O)(N(C(C)C)C(C)C)C#CC#CP(=O)(N(C(C)C)C(C)C)C#CC#C1. The Morgan fingerprint density at radius 1 is 0.125 bits per heavy atom. The lowest BCUT2D eigenvalue weighted by Gasteiger charge is -2.32. The van der Waals surface area contributed by atoms with E-state index in [1.165, 1.54) is 0 Å². The summed E-state index contributed by atoms with van der Waals surface area (Å²) in [6.07, 6.45) is 0. The van der Waals surface area contributed by atoms with Crippen LogP contribution in [0.4, 0.5) is 0 Å². The first kappa shape index (κ1) is 96.5. The maximum Gasteiger partial charge on any atom is 0.291 e. The van der Waals surface area contributed by atoms with Crippen molar-refractivity contribution in [2.45, 2.75) is 318 Å². The molecule has 1 aliphatic heterocycles. The van der Waals surface area contributed by atoms with Gasteiger partial charge in [-0.3, -0.25) is 36.5 Å². The minimum atomic E-state index is -4.07. The molecule has 1 rings (SSSR count). The number of hydrogen-bond acceptors (Lipinski definition) is 8. The van der Waals surface area contributed by atoms with Crippen molar-refractivity contribution in [2.24, 2.45) is 0 Å². The first-order valence-electron chi connectivity index (χ1n) is 35.2. The average Bonchev–Trinajstić information content (AvgIpc) is 0.791. The molecule has 0 bridgehead atoms. The average molecular weight is 1560 g/mol. The van der Waals surface area contributed by atoms with Crippen molar-refractivity contribution in [3.8, 4) is 185 Å². The fourth-order valence-corrected chi connectivity index (χ4v) is 28.8. The van der Waals surface area contributed by atoms with E-state index < -0.39 is 58.3 Å². The minimum absolute atomic E-state index is 0.368. The van der Waals surface area contributed by atoms with E-state index in [4.69, 9.17) is 0 Å². The van der Waals surface area contributed by atoms with E-state index in [1.807, 2.05) is 222 Å². The molecule has 16 nitrogen and oxygen atoms in total. The van der Waals surface area contributed by atoms with Gasteiger partial charge in [-0.25, -0.2) is 37.4 Å². The van der Waals surface area contributed by atoms with E-state index in [0.717, 1.165) is 0 Å². The van der Waals surface area contributed by atoms with Crippen LogP contribution >= 0.6 is 58.3 Å². The maximum absolute atomic E-state index is 15.3. The van der Waals surface area contributed by atoms with E-state index >= 15 is 36.5 Å². The fraction of sp³-hybridized carbons (Fsp3) is 0.600. The lowest BCUT2D eigenvalue weighted by molar-refractivity contribution is 0.307. The van der Waals surface area contributed by atoms with Crippen LogP contribution in [0.3, 0.4) is 0 Å². The normalized spacial score (nSPS) is 24.5. The van der Waals surface area contributed by atoms with Gasteiger partial charge in [0.1, 0.15) is 0 Å². The molecule has 560 valence electrons. The summed E-state index contributed by atoms with van der Waals surface area (Å²) < 4.78 is 136. The van der Waals surface area contributed by atoms with Gasteiger partial charge >= 0.3 is 0 Å². The molecule has 0 aliphatic carbocycles. The third kappa shape index (κ3) is 27.6. The Bertz CT molecular complexity index is 3530. The van der Waals surface area contributed by atoms with Gasteiger partial charge in [-0.2, -0.15) is 0 Å². The molecule has 1 heterocycles. The highest BCUT2D eigenvalue weighted by atomic mass is 31.2. The van der Waals surface area contributed by atoms with Crippen molar-refractivity contribution in [1.82, 2.24) is 37.4 Å². The van der Waals surface area contributed by atoms with Crippen molar-refractivity contribution < 1.29 is 36.5 Å². The third-order valence-electron chi connectivity index (χ3n) is 14.9. The van der Waals surface area contributed by atoms with E-state index in [2.05, 4.69) is 185 Å². The molecule has 1 aliphatic rings. The minimum Gasteiger partial charge on any atom is -0.278 e. The molecule has 0 aromatic carbocycles. The molecule has 0 saturated heterocycles. The summed E-state index contributed by atoms with van der Waals surface area (Å²) in [7, 11) is -32.5. The zero-order valence-corrected chi connectivity index (χ0v) is 74.8. The van der Waals surface area contributed by atoms with Crippen molar-refractivity contribution in [3.05, 3.63) is 0 Å². The van der Waals surface area contributed by atoms with Crippen LogP contribution in [0.2, 0.25) is 0 Å². The predicted octanol–water partition coefficient (Wildman–Crippen LogP) is 18.5. The number of nitrogens with zero attached hydrogens (tertiary/aromatic N) is 8. The Balaban J connectivity index is 5.45. The van der Waals surface area contributed by atoms with Crippen LogP contribution in [0.25, 0.3) is 0 Å². The molecule has 24 heteroatoms. The Kier molecular flexibility index (Phi) is 39.2. The van der Waals surface area contributed by atoms with Gasteiger partial charge in [-0.05, 0) is 316 Å². The van der Waals surface area contributed by atoms with Crippen molar-refractivity contribution in [2.75, 3.05) is 0 Å². The topological polar surface area (TPSA) is 162 Å². The predicted molar refractivity (Wildman–Crippen MR) is 442 cm³/mol. The van der Waals surface area contributed by atoms with Crippen molar-refractivity contribution in [1.29, 1.82) is 0 Å². The van der Waals surface area contributed by atoms with Gasteiger partial charge in [0.05, 0.1) is 0 Å². The van der Waals surface area contributed by atoms with Gasteiger partial charge < -0.3 is 0 Å². The molecule has 0 unspecified atom stereocenters. The number of rotatable bonds is 24. The van der Waals surface area contributed by atoms with Crippen LogP contribution in [0.1, 0.15) is 222 Å². The molecule has 0 spiro atoms. The highest BCUT2D eigenvalue weighted by Crippen LogP contribution is 2.57. The van der Waals surface area contributed by atoms with Crippen LogP contribution in [0, 0.1) is 185 Å². The molecular weight excluding hydrogens is 1450 g/mol. The summed E-state index contributed by atoms with van der Waals surface area (Å²) in [5, 5.41) is 0. The zero-order valence-electron chi connectivity index (χ0n) is 67.7. The Morgan fingerprint density at radius 2 is 0.173 bits per heavy atom. The van der Waals surface area contributed by atoms with Gasteiger partial charge in [0.25, 0.3) is 58.3 Å². The summed E-state index contributed by atoms with van der Waals surface area (Å²) >= 11 is 0. The van der Waals surface area contributed by atoms with E-state index in [1.54, 1.807) is 37.4 Å². The monoisotopic (exact) mass is 1560 g/mol. The van der Waals surface area contributed by atoms with E-state index in [9.17, 15) is 0 Å². The molecule has 0 amide bonds. The van der Waals surface area contributed by atoms with Crippen LogP contribution < -0.4 is 0 Å². The lowest BCUT2D eigenvalue weighted by Crippen LogP contribution is -2.33. The third-order valence-corrected chi connectivity index (χ3v) is 34.1. The van der Waals surface area contributed by atoms with Gasteiger partial charge in [-0.1, -0.05) is 0 Å². The molecule has 104 heavy (non-hydrogen) atoms. The molecule has 0 saturated carbocycles. The molecule has 0 aromatic heterocycles. The second-order valence-corrected chi connectivity index (χ2v) is 45.4. The molecule has 0 atom stereocenters. The van der Waals surface area contributed by atoms with Crippen LogP contribution in [0.5, 0.6) is 0 Å². The molecule has 0 N–H and O–H groups in total. The highest BCUT2D eigenvalue weighted by molar-refractivity contribution is 7.74. The highest BCUT2D eigenvalue weighted by Gasteiger charge is 2.39. The number of hydrogen-bond donors (Lipinski definition) is 0. The van der Waals surface area contributed by atoms with E-state index in [-0.39, 0.29) is 96.7 Å². The standard InChI is InChI=1S/C80H112N8O8P8/c1-65(2)81(66(3)4)97(89)49-33-35-51-98(90,82(67(5)6)68(7)8)53-37-39-55-100(92,84(71(13)14)72(15)16)57-41-43-59-102(94,86(75(21)22)76(23)24)61-45-47-63-104(96,88(79(29)30)80(31)32)64-48-46-62-103(95,87(77(25)26)78(27)28)60-44-42-58-101(93,85(73(17)18)74(19)20)56-40-38-54-99(91,52-36-34-50-97)83(69(9)10)70(11)12/h65-80H,1-32H3. The Hall–Kier alpha value is -5.52. The lowest BCUT2D eigenvalue weighted by atomic mass is 10.3. The zero-order chi connectivity index (χ0) is 80.5. The first-order valence-corrected chi connectivity index (χ1v) is 48.5. The summed E-state index contributed by atoms with van der Waals surface area (Å²) in [4.78, 5) is 0. The largest absolute Gasteiger partial charge is 0.291 e. The first-order chi connectivity index (χ1) is 47.8. The van der Waals surface area contributed by atoms with Crippen molar-refractivity contribution >= 4 is 58.3 Å². The molecular formula is C80H112N8O8P8. The van der Waals surface area contributed by atoms with Crippen molar-refractivity contribution in [3.63, 3.8) is 0 Å². The fourth-order valence-electron chi connectivity index (χ4n) is 12.8. The summed E-state index contributed by atoms with van der Waals surface area (Å²) in [6, 6.07) is -5.88. The second-order valence-electron chi connectivity index (χ2n) is 28.9. The maximum atomic E-state index is 15.3. The van der Waals surface area contributed by atoms with Gasteiger partial charge in [-0.15, -0.1) is 0 Å². The summed E-state index contributed by atoms with van der Waals surface area (Å²) in [6.45, 7) is 58.8. The second kappa shape index (κ2) is 42.3. The van der Waals surface area contributed by atoms with Crippen LogP contribution in [-0.2, 0) is 36.5 Å². The van der Waals surface area contributed by atoms with E-state index in [0.29, 0.717) is 0 Å². The van der Waals surface area contributed by atoms with Gasteiger partial charge in [0.15, 0.2) is 0 Å². The van der Waals surface area contributed by atoms with Gasteiger partial charge in [0, 0.05) is 187 Å². The summed E-state index contributed by atoms with van der Waals surface area (Å²) in [5.74, 6) is 43.1. The molecule has 0 fully saturated rings. The molecule has 0 aromatic rings. The smallest absolute Gasteiger partial charge is 0.278 e. The van der Waals surface area contributed by atoms with Gasteiger partial charge in [0.2, 0.25) is 0 Å². The van der Waals surface area contributed by atoms with Crippen LogP contribution in [-0.4, -0.2) is 134 Å². The van der Waals surface area contributed by atoms with Crippen LogP contribution in [0.15, 0.2) is 0 Å².